The van der Waals surface area contributed by atoms with E-state index < -0.39 is 6.10 Å². The molecular formula is C11H12N2O. The van der Waals surface area contributed by atoms with Crippen molar-refractivity contribution in [3.05, 3.63) is 53.6 Å². The van der Waals surface area contributed by atoms with Crippen molar-refractivity contribution in [2.24, 2.45) is 0 Å². The molecule has 0 amide bonds. The van der Waals surface area contributed by atoms with E-state index in [0.29, 0.717) is 5.82 Å². The highest BCUT2D eigenvalue weighted by atomic mass is 16.3. The van der Waals surface area contributed by atoms with E-state index >= 15 is 0 Å². The zero-order valence-corrected chi connectivity index (χ0v) is 7.94. The molecule has 3 heteroatoms. The first kappa shape index (κ1) is 8.97. The summed E-state index contributed by atoms with van der Waals surface area (Å²) in [6, 6.07) is 7.76. The van der Waals surface area contributed by atoms with Crippen molar-refractivity contribution in [1.29, 1.82) is 0 Å². The largest absolute Gasteiger partial charge is 0.380 e. The number of aliphatic hydroxyl groups excluding tert-OH is 1. The number of imidazole rings is 1. The first-order chi connectivity index (χ1) is 6.77. The van der Waals surface area contributed by atoms with E-state index in [0.717, 1.165) is 5.56 Å². The molecule has 0 unspecified atom stereocenters. The first-order valence-corrected chi connectivity index (χ1v) is 4.51. The zero-order valence-electron chi connectivity index (χ0n) is 7.94. The Morgan fingerprint density at radius 3 is 2.57 bits per heavy atom. The molecule has 14 heavy (non-hydrogen) atoms. The average molecular weight is 188 g/mol. The number of hydrogen-bond acceptors (Lipinski definition) is 2. The predicted octanol–water partition coefficient (Wildman–Crippen LogP) is 1.80. The number of H-pyrrole nitrogens is 1. The summed E-state index contributed by atoms with van der Waals surface area (Å²) < 4.78 is 0. The molecule has 0 bridgehead atoms. The highest BCUT2D eigenvalue weighted by Gasteiger charge is 2.11. The van der Waals surface area contributed by atoms with Gasteiger partial charge in [0.15, 0.2) is 0 Å². The third kappa shape index (κ3) is 1.67. The molecule has 2 rings (SSSR count). The molecule has 1 atom stereocenters. The van der Waals surface area contributed by atoms with Gasteiger partial charge in [0.1, 0.15) is 11.9 Å². The molecule has 1 aromatic carbocycles. The number of aromatic nitrogens is 2. The van der Waals surface area contributed by atoms with E-state index in [1.54, 1.807) is 12.4 Å². The monoisotopic (exact) mass is 188 g/mol. The van der Waals surface area contributed by atoms with Crippen LogP contribution in [0, 0.1) is 6.92 Å². The first-order valence-electron chi connectivity index (χ1n) is 4.51. The van der Waals surface area contributed by atoms with E-state index in [4.69, 9.17) is 0 Å². The van der Waals surface area contributed by atoms with E-state index in [-0.39, 0.29) is 0 Å². The van der Waals surface area contributed by atoms with Gasteiger partial charge in [0.2, 0.25) is 0 Å². The average Bonchev–Trinajstić information content (AvgIpc) is 2.71. The number of hydrogen-bond donors (Lipinski definition) is 2. The third-order valence-electron chi connectivity index (χ3n) is 2.17. The van der Waals surface area contributed by atoms with E-state index in [1.807, 2.05) is 31.2 Å². The standard InChI is InChI=1S/C11H12N2O/c1-8-2-4-9(5-3-8)10(14)11-12-6-7-13-11/h2-7,10,14H,1H3,(H,12,13)/t10-/m1/s1. The van der Waals surface area contributed by atoms with Crippen LogP contribution in [0.1, 0.15) is 23.1 Å². The van der Waals surface area contributed by atoms with Crippen molar-refractivity contribution in [3.8, 4) is 0 Å². The SMILES string of the molecule is Cc1ccc([C@@H](O)c2ncc[nH]2)cc1. The van der Waals surface area contributed by atoms with Crippen LogP contribution in [0.3, 0.4) is 0 Å². The smallest absolute Gasteiger partial charge is 0.139 e. The van der Waals surface area contributed by atoms with Crippen molar-refractivity contribution >= 4 is 0 Å². The molecular weight excluding hydrogens is 176 g/mol. The molecule has 0 saturated heterocycles. The summed E-state index contributed by atoms with van der Waals surface area (Å²) in [6.07, 6.45) is 2.67. The second kappa shape index (κ2) is 3.64. The number of aliphatic hydroxyl groups is 1. The molecule has 2 N–H and O–H groups in total. The molecule has 2 aromatic rings. The maximum atomic E-state index is 9.88. The molecule has 1 aromatic heterocycles. The van der Waals surface area contributed by atoms with Crippen LogP contribution in [0.25, 0.3) is 0 Å². The van der Waals surface area contributed by atoms with Gasteiger partial charge in [-0.25, -0.2) is 4.98 Å². The topological polar surface area (TPSA) is 48.9 Å². The van der Waals surface area contributed by atoms with Gasteiger partial charge in [-0.2, -0.15) is 0 Å². The molecule has 0 aliphatic rings. The van der Waals surface area contributed by atoms with Gasteiger partial charge in [-0.15, -0.1) is 0 Å². The van der Waals surface area contributed by atoms with Crippen LogP contribution < -0.4 is 0 Å². The highest BCUT2D eigenvalue weighted by molar-refractivity contribution is 5.26. The highest BCUT2D eigenvalue weighted by Crippen LogP contribution is 2.18. The van der Waals surface area contributed by atoms with Gasteiger partial charge in [-0.1, -0.05) is 29.8 Å². The van der Waals surface area contributed by atoms with Crippen LogP contribution in [0.4, 0.5) is 0 Å². The third-order valence-corrected chi connectivity index (χ3v) is 2.17. The molecule has 0 radical (unpaired) electrons. The minimum atomic E-state index is -0.661. The maximum Gasteiger partial charge on any atom is 0.139 e. The number of rotatable bonds is 2. The summed E-state index contributed by atoms with van der Waals surface area (Å²) in [7, 11) is 0. The number of benzene rings is 1. The van der Waals surface area contributed by atoms with Crippen LogP contribution in [0.15, 0.2) is 36.7 Å². The van der Waals surface area contributed by atoms with Gasteiger partial charge >= 0.3 is 0 Å². The lowest BCUT2D eigenvalue weighted by Gasteiger charge is -2.07. The minimum Gasteiger partial charge on any atom is -0.380 e. The Morgan fingerprint density at radius 1 is 1.29 bits per heavy atom. The van der Waals surface area contributed by atoms with E-state index in [1.165, 1.54) is 5.56 Å². The quantitative estimate of drug-likeness (QED) is 0.755. The fraction of sp³-hybridized carbons (Fsp3) is 0.182. The van der Waals surface area contributed by atoms with Crippen molar-refractivity contribution in [2.45, 2.75) is 13.0 Å². The molecule has 0 saturated carbocycles. The van der Waals surface area contributed by atoms with Crippen molar-refractivity contribution < 1.29 is 5.11 Å². The molecule has 72 valence electrons. The van der Waals surface area contributed by atoms with Gasteiger partial charge in [0.05, 0.1) is 0 Å². The van der Waals surface area contributed by atoms with Crippen molar-refractivity contribution in [3.63, 3.8) is 0 Å². The number of nitrogens with one attached hydrogen (secondary N) is 1. The Balaban J connectivity index is 2.28. The van der Waals surface area contributed by atoms with Crippen molar-refractivity contribution in [1.82, 2.24) is 9.97 Å². The van der Waals surface area contributed by atoms with Crippen LogP contribution in [0.5, 0.6) is 0 Å². The second-order valence-corrected chi connectivity index (χ2v) is 3.29. The van der Waals surface area contributed by atoms with E-state index in [2.05, 4.69) is 9.97 Å². The Bertz CT molecular complexity index is 392. The fourth-order valence-electron chi connectivity index (χ4n) is 1.33. The van der Waals surface area contributed by atoms with Gasteiger partial charge < -0.3 is 10.1 Å². The van der Waals surface area contributed by atoms with Crippen molar-refractivity contribution in [2.75, 3.05) is 0 Å². The zero-order chi connectivity index (χ0) is 9.97. The summed E-state index contributed by atoms with van der Waals surface area (Å²) >= 11 is 0. The summed E-state index contributed by atoms with van der Waals surface area (Å²) in [6.45, 7) is 2.02. The molecule has 0 aliphatic carbocycles. The lowest BCUT2D eigenvalue weighted by Crippen LogP contribution is -2.01. The molecule has 3 nitrogen and oxygen atoms in total. The molecule has 1 heterocycles. The number of aromatic amines is 1. The van der Waals surface area contributed by atoms with Crippen LogP contribution >= 0.6 is 0 Å². The van der Waals surface area contributed by atoms with Gasteiger partial charge in [-0.05, 0) is 12.5 Å². The van der Waals surface area contributed by atoms with Gasteiger partial charge in [0, 0.05) is 12.4 Å². The molecule has 0 spiro atoms. The van der Waals surface area contributed by atoms with E-state index in [9.17, 15) is 5.11 Å². The lowest BCUT2D eigenvalue weighted by molar-refractivity contribution is 0.211. The number of nitrogens with zero attached hydrogens (tertiary/aromatic N) is 1. The molecule has 0 fully saturated rings. The predicted molar refractivity (Wildman–Crippen MR) is 53.8 cm³/mol. The van der Waals surface area contributed by atoms with Gasteiger partial charge in [-0.3, -0.25) is 0 Å². The summed E-state index contributed by atoms with van der Waals surface area (Å²) in [5.74, 6) is 0.578. The summed E-state index contributed by atoms with van der Waals surface area (Å²) in [4.78, 5) is 6.90. The minimum absolute atomic E-state index is 0.578. The normalized spacial score (nSPS) is 12.7. The van der Waals surface area contributed by atoms with Crippen LogP contribution in [0.2, 0.25) is 0 Å². The lowest BCUT2D eigenvalue weighted by atomic mass is 10.1. The summed E-state index contributed by atoms with van der Waals surface area (Å²) in [5.41, 5.74) is 2.03. The van der Waals surface area contributed by atoms with Gasteiger partial charge in [0.25, 0.3) is 0 Å². The summed E-state index contributed by atoms with van der Waals surface area (Å²) in [5, 5.41) is 9.88. The van der Waals surface area contributed by atoms with Crippen LogP contribution in [-0.4, -0.2) is 15.1 Å². The Hall–Kier alpha value is -1.61. The number of aryl methyl sites for hydroxylation is 1. The Labute approximate surface area is 82.4 Å². The molecule has 0 aliphatic heterocycles. The Morgan fingerprint density at radius 2 is 2.00 bits per heavy atom. The fourth-order valence-corrected chi connectivity index (χ4v) is 1.33. The Kier molecular flexibility index (Phi) is 2.33. The second-order valence-electron chi connectivity index (χ2n) is 3.29. The maximum absolute atomic E-state index is 9.88. The van der Waals surface area contributed by atoms with Crippen LogP contribution in [-0.2, 0) is 0 Å².